The van der Waals surface area contributed by atoms with Crippen molar-refractivity contribution in [3.63, 3.8) is 0 Å². The van der Waals surface area contributed by atoms with Crippen molar-refractivity contribution in [3.05, 3.63) is 164 Å². The van der Waals surface area contributed by atoms with Crippen LogP contribution >= 0.6 is 0 Å². The Morgan fingerprint density at radius 2 is 1.10 bits per heavy atom. The summed E-state index contributed by atoms with van der Waals surface area (Å²) in [4.78, 5) is 20.0. The highest BCUT2D eigenvalue weighted by Gasteiger charge is 2.20. The molecular formula is C46H27N5O. The summed E-state index contributed by atoms with van der Waals surface area (Å²) in [6, 6.07) is 52.8. The number of rotatable bonds is 4. The van der Waals surface area contributed by atoms with Crippen LogP contribution in [0.4, 0.5) is 0 Å². The van der Waals surface area contributed by atoms with Crippen LogP contribution in [0.1, 0.15) is 0 Å². The van der Waals surface area contributed by atoms with E-state index in [0.29, 0.717) is 17.6 Å². The molecule has 0 saturated heterocycles. The second-order valence-electron chi connectivity index (χ2n) is 13.1. The first-order valence-corrected chi connectivity index (χ1v) is 17.3. The molecule has 0 amide bonds. The number of nitrogens with zero attached hydrogens (tertiary/aromatic N) is 5. The smallest absolute Gasteiger partial charge is 0.238 e. The van der Waals surface area contributed by atoms with E-state index in [-0.39, 0.29) is 0 Å². The maximum Gasteiger partial charge on any atom is 0.238 e. The number of hydrogen-bond donors (Lipinski definition) is 0. The van der Waals surface area contributed by atoms with Crippen LogP contribution in [-0.4, -0.2) is 24.5 Å². The minimum absolute atomic E-state index is 0.546. The van der Waals surface area contributed by atoms with Crippen molar-refractivity contribution in [2.75, 3.05) is 0 Å². The SMILES string of the molecule is c1ccc2c(c1)cc(-c1ccc(-c3nc(-c4cccc5oc6ccncc6c45)nc(-n4c5ccccc5c5ccccc54)n3)cc1)c1ccccc12. The van der Waals surface area contributed by atoms with E-state index in [1.807, 2.05) is 30.5 Å². The summed E-state index contributed by atoms with van der Waals surface area (Å²) in [5.41, 5.74) is 7.65. The molecule has 0 atom stereocenters. The van der Waals surface area contributed by atoms with Gasteiger partial charge in [0.2, 0.25) is 5.95 Å². The Bertz CT molecular complexity index is 3140. The third kappa shape index (κ3) is 4.31. The summed E-state index contributed by atoms with van der Waals surface area (Å²) in [6.07, 6.45) is 3.59. The lowest BCUT2D eigenvalue weighted by Crippen LogP contribution is -2.06. The molecule has 4 heterocycles. The summed E-state index contributed by atoms with van der Waals surface area (Å²) in [5, 5.41) is 9.06. The van der Waals surface area contributed by atoms with Crippen LogP contribution in [-0.2, 0) is 0 Å². The van der Waals surface area contributed by atoms with Crippen molar-refractivity contribution in [3.8, 4) is 39.9 Å². The Morgan fingerprint density at radius 1 is 0.442 bits per heavy atom. The maximum atomic E-state index is 6.24. The van der Waals surface area contributed by atoms with E-state index in [2.05, 4.69) is 137 Å². The van der Waals surface area contributed by atoms with Crippen LogP contribution in [0.5, 0.6) is 0 Å². The molecule has 0 aliphatic carbocycles. The Morgan fingerprint density at radius 3 is 1.88 bits per heavy atom. The molecule has 0 bridgehead atoms. The molecule has 0 N–H and O–H groups in total. The molecule has 52 heavy (non-hydrogen) atoms. The van der Waals surface area contributed by atoms with Crippen molar-refractivity contribution in [1.29, 1.82) is 0 Å². The van der Waals surface area contributed by atoms with Crippen LogP contribution in [0.2, 0.25) is 0 Å². The Hall–Kier alpha value is -7.18. The summed E-state index contributed by atoms with van der Waals surface area (Å²) in [7, 11) is 0. The molecule has 242 valence electrons. The molecule has 0 radical (unpaired) electrons. The molecule has 4 aromatic heterocycles. The standard InChI is InChI=1S/C46H27N5O/c1-2-11-31-30(10-1)26-37(33-13-4-3-12-32(31)33)28-20-22-29(23-21-28)44-48-45(36-16-9-19-42-43(36)38-27-47-25-24-41(38)52-42)50-46(49-44)51-39-17-7-5-14-34(39)35-15-6-8-18-40(35)51/h1-27H. The zero-order valence-corrected chi connectivity index (χ0v) is 27.7. The van der Waals surface area contributed by atoms with Gasteiger partial charge in [-0.25, -0.2) is 4.98 Å². The average Bonchev–Trinajstić information content (AvgIpc) is 3.77. The van der Waals surface area contributed by atoms with Crippen LogP contribution in [0.15, 0.2) is 168 Å². The quantitative estimate of drug-likeness (QED) is 0.175. The molecule has 0 aliphatic heterocycles. The Kier molecular flexibility index (Phi) is 6.15. The summed E-state index contributed by atoms with van der Waals surface area (Å²) < 4.78 is 8.39. The van der Waals surface area contributed by atoms with Crippen LogP contribution in [0.25, 0.3) is 105 Å². The van der Waals surface area contributed by atoms with E-state index < -0.39 is 0 Å². The third-order valence-electron chi connectivity index (χ3n) is 10.2. The van der Waals surface area contributed by atoms with Gasteiger partial charge >= 0.3 is 0 Å². The molecule has 7 aromatic carbocycles. The number of pyridine rings is 1. The summed E-state index contributed by atoms with van der Waals surface area (Å²) in [5.74, 6) is 1.69. The predicted molar refractivity (Wildman–Crippen MR) is 211 cm³/mol. The van der Waals surface area contributed by atoms with Crippen molar-refractivity contribution in [2.24, 2.45) is 0 Å². The van der Waals surface area contributed by atoms with Crippen LogP contribution in [0, 0.1) is 0 Å². The lowest BCUT2D eigenvalue weighted by atomic mass is 9.93. The summed E-state index contributed by atoms with van der Waals surface area (Å²) in [6.45, 7) is 0. The molecule has 0 spiro atoms. The minimum atomic E-state index is 0.546. The monoisotopic (exact) mass is 665 g/mol. The molecule has 6 heteroatoms. The molecule has 0 unspecified atom stereocenters. The average molecular weight is 666 g/mol. The van der Waals surface area contributed by atoms with E-state index in [1.165, 1.54) is 27.1 Å². The van der Waals surface area contributed by atoms with Crippen molar-refractivity contribution in [1.82, 2.24) is 24.5 Å². The molecule has 11 rings (SSSR count). The molecule has 11 aromatic rings. The van der Waals surface area contributed by atoms with Gasteiger partial charge in [0.25, 0.3) is 0 Å². The zero-order chi connectivity index (χ0) is 34.2. The molecular weight excluding hydrogens is 639 g/mol. The van der Waals surface area contributed by atoms with Gasteiger partial charge in [-0.3, -0.25) is 9.55 Å². The fourth-order valence-electron chi connectivity index (χ4n) is 7.80. The molecule has 6 nitrogen and oxygen atoms in total. The number of para-hydroxylation sites is 2. The van der Waals surface area contributed by atoms with E-state index in [4.69, 9.17) is 19.4 Å². The van der Waals surface area contributed by atoms with Gasteiger partial charge in [0.1, 0.15) is 11.2 Å². The highest BCUT2D eigenvalue weighted by Crippen LogP contribution is 2.38. The van der Waals surface area contributed by atoms with Crippen LogP contribution < -0.4 is 0 Å². The number of hydrogen-bond acceptors (Lipinski definition) is 5. The topological polar surface area (TPSA) is 69.6 Å². The lowest BCUT2D eigenvalue weighted by molar-refractivity contribution is 0.668. The first-order chi connectivity index (χ1) is 25.8. The molecule has 0 fully saturated rings. The van der Waals surface area contributed by atoms with Gasteiger partial charge in [0.15, 0.2) is 11.6 Å². The number of benzene rings is 7. The first kappa shape index (κ1) is 28.6. The second kappa shape index (κ2) is 11.2. The van der Waals surface area contributed by atoms with Gasteiger partial charge in [-0.05, 0) is 63.0 Å². The van der Waals surface area contributed by atoms with Gasteiger partial charge < -0.3 is 4.42 Å². The van der Waals surface area contributed by atoms with Crippen molar-refractivity contribution in [2.45, 2.75) is 0 Å². The first-order valence-electron chi connectivity index (χ1n) is 17.3. The number of fused-ring (bicyclic) bond motifs is 9. The van der Waals surface area contributed by atoms with Gasteiger partial charge in [-0.1, -0.05) is 121 Å². The summed E-state index contributed by atoms with van der Waals surface area (Å²) >= 11 is 0. The Labute approximate surface area is 297 Å². The van der Waals surface area contributed by atoms with Crippen LogP contribution in [0.3, 0.4) is 0 Å². The van der Waals surface area contributed by atoms with E-state index in [9.17, 15) is 0 Å². The van der Waals surface area contributed by atoms with Gasteiger partial charge in [-0.15, -0.1) is 0 Å². The molecule has 0 aliphatic rings. The fourth-order valence-corrected chi connectivity index (χ4v) is 7.80. The minimum Gasteiger partial charge on any atom is -0.456 e. The van der Waals surface area contributed by atoms with Crippen molar-refractivity contribution < 1.29 is 4.42 Å². The largest absolute Gasteiger partial charge is 0.456 e. The lowest BCUT2D eigenvalue weighted by Gasteiger charge is -2.13. The second-order valence-corrected chi connectivity index (χ2v) is 13.1. The maximum absolute atomic E-state index is 6.24. The van der Waals surface area contributed by atoms with Gasteiger partial charge in [0.05, 0.1) is 11.0 Å². The molecule has 0 saturated carbocycles. The van der Waals surface area contributed by atoms with E-state index in [0.717, 1.165) is 60.4 Å². The van der Waals surface area contributed by atoms with E-state index >= 15 is 0 Å². The normalized spacial score (nSPS) is 11.8. The van der Waals surface area contributed by atoms with Gasteiger partial charge in [-0.2, -0.15) is 9.97 Å². The zero-order valence-electron chi connectivity index (χ0n) is 27.7. The highest BCUT2D eigenvalue weighted by molar-refractivity contribution is 6.14. The highest BCUT2D eigenvalue weighted by atomic mass is 16.3. The predicted octanol–water partition coefficient (Wildman–Crippen LogP) is 11.6. The van der Waals surface area contributed by atoms with E-state index in [1.54, 1.807) is 6.20 Å². The third-order valence-corrected chi connectivity index (χ3v) is 10.2. The number of aromatic nitrogens is 5. The fraction of sp³-hybridized carbons (Fsp3) is 0. The Balaban J connectivity index is 1.14. The van der Waals surface area contributed by atoms with Gasteiger partial charge in [0, 0.05) is 45.1 Å². The number of furan rings is 1. The van der Waals surface area contributed by atoms with Crippen molar-refractivity contribution >= 4 is 65.3 Å².